The van der Waals surface area contributed by atoms with Crippen LogP contribution in [0, 0.1) is 0 Å². The molecule has 0 unspecified atom stereocenters. The van der Waals surface area contributed by atoms with E-state index in [2.05, 4.69) is 42.5 Å². The molecule has 2 aromatic rings. The van der Waals surface area contributed by atoms with Crippen LogP contribution in [0.1, 0.15) is 51.3 Å². The predicted octanol–water partition coefficient (Wildman–Crippen LogP) is 6.31. The molecule has 0 spiro atoms. The molecule has 9 heteroatoms. The first-order chi connectivity index (χ1) is 17.0. The highest BCUT2D eigenvalue weighted by Gasteiger charge is 2.26. The third-order valence-corrected chi connectivity index (χ3v) is 7.00. The van der Waals surface area contributed by atoms with E-state index in [1.165, 1.54) is 6.92 Å². The second-order valence-corrected chi connectivity index (χ2v) is 10.8. The molecule has 0 heterocycles. The summed E-state index contributed by atoms with van der Waals surface area (Å²) in [5.74, 6) is 0.966. The smallest absolute Gasteiger partial charge is 0.303 e. The monoisotopic (exact) mass is 652 g/mol. The number of hydrogen-bond acceptors (Lipinski definition) is 6. The maximum absolute atomic E-state index is 11.4. The number of ether oxygens (including phenoxy) is 4. The van der Waals surface area contributed by atoms with Crippen molar-refractivity contribution in [2.24, 2.45) is 0 Å². The number of aliphatic hydroxyl groups is 1. The maximum atomic E-state index is 11.4. The van der Waals surface area contributed by atoms with Crippen molar-refractivity contribution in [3.05, 3.63) is 58.1 Å². The second kappa shape index (κ2) is 14.6. The van der Waals surface area contributed by atoms with E-state index >= 15 is 0 Å². The standard InChI is InChI=1S/C27H35Cl2IO6/c1-17(2)33-15-24(36-18(3)31)16-34-23-8-6-20(7-9-23)27(4,5)21-10-19(13-30)26(25(29)11-21)35-14-22(32)12-28/h6-11,17,22,24,32H,12-16H2,1-5H3/t22-,24+/m0/s1. The Morgan fingerprint density at radius 2 is 1.72 bits per heavy atom. The molecule has 0 aliphatic carbocycles. The van der Waals surface area contributed by atoms with Crippen molar-refractivity contribution in [3.8, 4) is 11.5 Å². The zero-order valence-corrected chi connectivity index (χ0v) is 25.0. The van der Waals surface area contributed by atoms with Crippen LogP contribution in [0.5, 0.6) is 11.5 Å². The van der Waals surface area contributed by atoms with Gasteiger partial charge in [-0.15, -0.1) is 11.6 Å². The molecule has 0 radical (unpaired) electrons. The predicted molar refractivity (Wildman–Crippen MR) is 152 cm³/mol. The van der Waals surface area contributed by atoms with Gasteiger partial charge in [-0.3, -0.25) is 4.79 Å². The van der Waals surface area contributed by atoms with Gasteiger partial charge in [-0.2, -0.15) is 0 Å². The molecule has 0 saturated heterocycles. The Labute approximate surface area is 237 Å². The van der Waals surface area contributed by atoms with E-state index < -0.39 is 12.2 Å². The maximum Gasteiger partial charge on any atom is 0.303 e. The Kier molecular flexibility index (Phi) is 12.6. The van der Waals surface area contributed by atoms with Crippen molar-refractivity contribution < 1.29 is 28.8 Å². The lowest BCUT2D eigenvalue weighted by molar-refractivity contribution is -0.152. The minimum atomic E-state index is -0.756. The molecular weight excluding hydrogens is 618 g/mol. The fourth-order valence-corrected chi connectivity index (χ4v) is 4.42. The summed E-state index contributed by atoms with van der Waals surface area (Å²) in [6.45, 7) is 10.0. The van der Waals surface area contributed by atoms with Gasteiger partial charge in [0.05, 0.1) is 23.6 Å². The summed E-state index contributed by atoms with van der Waals surface area (Å²) in [5.41, 5.74) is 2.73. The number of halogens is 3. The Morgan fingerprint density at radius 1 is 1.06 bits per heavy atom. The number of esters is 1. The van der Waals surface area contributed by atoms with Gasteiger partial charge in [0.2, 0.25) is 0 Å². The van der Waals surface area contributed by atoms with E-state index in [9.17, 15) is 9.90 Å². The third-order valence-electron chi connectivity index (χ3n) is 5.54. The molecule has 2 atom stereocenters. The van der Waals surface area contributed by atoms with Crippen LogP contribution in [0.2, 0.25) is 5.02 Å². The van der Waals surface area contributed by atoms with E-state index in [1.54, 1.807) is 0 Å². The first kappa shape index (κ1) is 31.0. The number of alkyl halides is 2. The fourth-order valence-electron chi connectivity index (χ4n) is 3.47. The molecule has 36 heavy (non-hydrogen) atoms. The molecule has 0 aromatic heterocycles. The Morgan fingerprint density at radius 3 is 2.28 bits per heavy atom. The number of rotatable bonds is 14. The van der Waals surface area contributed by atoms with Crippen molar-refractivity contribution in [2.75, 3.05) is 25.7 Å². The van der Waals surface area contributed by atoms with Crippen molar-refractivity contribution in [1.82, 2.24) is 0 Å². The normalized spacial score (nSPS) is 13.4. The zero-order chi connectivity index (χ0) is 26.9. The van der Waals surface area contributed by atoms with Crippen LogP contribution < -0.4 is 9.47 Å². The van der Waals surface area contributed by atoms with Crippen LogP contribution in [0.3, 0.4) is 0 Å². The summed E-state index contributed by atoms with van der Waals surface area (Å²) in [6, 6.07) is 11.8. The number of aliphatic hydroxyl groups excluding tert-OH is 1. The Bertz CT molecular complexity index is 981. The van der Waals surface area contributed by atoms with E-state index in [-0.39, 0.29) is 43.2 Å². The van der Waals surface area contributed by atoms with Gasteiger partial charge in [-0.1, -0.05) is 66.2 Å². The van der Waals surface area contributed by atoms with Gasteiger partial charge in [0, 0.05) is 22.3 Å². The molecule has 2 rings (SSSR count). The Balaban J connectivity index is 2.16. The number of carbonyl (C=O) groups excluding carboxylic acids is 1. The molecule has 0 fully saturated rings. The minimum Gasteiger partial charge on any atom is -0.490 e. The number of benzene rings is 2. The van der Waals surface area contributed by atoms with Crippen LogP contribution in [-0.2, 0) is 24.1 Å². The Hall–Kier alpha value is -1.26. The first-order valence-corrected chi connectivity index (χ1v) is 14.2. The van der Waals surface area contributed by atoms with Gasteiger partial charge in [0.15, 0.2) is 6.10 Å². The van der Waals surface area contributed by atoms with Crippen molar-refractivity contribution in [3.63, 3.8) is 0 Å². The molecule has 200 valence electrons. The van der Waals surface area contributed by atoms with Gasteiger partial charge >= 0.3 is 5.97 Å². The molecule has 0 saturated carbocycles. The van der Waals surface area contributed by atoms with Crippen LogP contribution in [-0.4, -0.2) is 55.1 Å². The summed E-state index contributed by atoms with van der Waals surface area (Å²) in [7, 11) is 0. The topological polar surface area (TPSA) is 74.2 Å². The summed E-state index contributed by atoms with van der Waals surface area (Å²) >= 11 is 14.6. The molecule has 0 amide bonds. The minimum absolute atomic E-state index is 0.0312. The second-order valence-electron chi connectivity index (χ2n) is 9.27. The van der Waals surface area contributed by atoms with Crippen LogP contribution in [0.25, 0.3) is 0 Å². The summed E-state index contributed by atoms with van der Waals surface area (Å²) in [5, 5.41) is 10.2. The van der Waals surface area contributed by atoms with Gasteiger partial charge in [-0.05, 0) is 43.2 Å². The summed E-state index contributed by atoms with van der Waals surface area (Å²) in [6.07, 6.45) is -1.21. The highest BCUT2D eigenvalue weighted by atomic mass is 127. The van der Waals surface area contributed by atoms with E-state index in [0.29, 0.717) is 20.9 Å². The van der Waals surface area contributed by atoms with Crippen LogP contribution in [0.4, 0.5) is 0 Å². The number of carbonyl (C=O) groups is 1. The number of hydrogen-bond donors (Lipinski definition) is 1. The molecule has 1 N–H and O–H groups in total. The largest absolute Gasteiger partial charge is 0.490 e. The van der Waals surface area contributed by atoms with Gasteiger partial charge in [0.1, 0.15) is 30.8 Å². The van der Waals surface area contributed by atoms with Crippen molar-refractivity contribution in [1.29, 1.82) is 0 Å². The van der Waals surface area contributed by atoms with Crippen molar-refractivity contribution >= 4 is 51.8 Å². The zero-order valence-electron chi connectivity index (χ0n) is 21.4. The highest BCUT2D eigenvalue weighted by molar-refractivity contribution is 14.1. The lowest BCUT2D eigenvalue weighted by atomic mass is 9.77. The average Bonchev–Trinajstić information content (AvgIpc) is 2.84. The third kappa shape index (κ3) is 9.24. The lowest BCUT2D eigenvalue weighted by Crippen LogP contribution is -2.30. The van der Waals surface area contributed by atoms with Gasteiger partial charge < -0.3 is 24.1 Å². The first-order valence-electron chi connectivity index (χ1n) is 11.8. The molecule has 2 aromatic carbocycles. The van der Waals surface area contributed by atoms with Crippen molar-refractivity contribution in [2.45, 2.75) is 62.8 Å². The molecule has 0 aliphatic rings. The summed E-state index contributed by atoms with van der Waals surface area (Å²) < 4.78 is 23.2. The van der Waals surface area contributed by atoms with Gasteiger partial charge in [0.25, 0.3) is 0 Å². The summed E-state index contributed by atoms with van der Waals surface area (Å²) in [4.78, 5) is 11.4. The van der Waals surface area contributed by atoms with E-state index in [0.717, 1.165) is 16.7 Å². The van der Waals surface area contributed by atoms with Gasteiger partial charge in [-0.25, -0.2) is 0 Å². The van der Waals surface area contributed by atoms with E-state index in [4.69, 9.17) is 42.1 Å². The average molecular weight is 653 g/mol. The van der Waals surface area contributed by atoms with Crippen LogP contribution >= 0.6 is 45.8 Å². The highest BCUT2D eigenvalue weighted by Crippen LogP contribution is 2.39. The molecule has 0 bridgehead atoms. The quantitative estimate of drug-likeness (QED) is 0.146. The SMILES string of the molecule is CC(=O)O[C@@H](COc1ccc(C(C)(C)c2cc(Cl)c(OC[C@@H](O)CCl)c(CI)c2)cc1)COC(C)C. The molecule has 0 aliphatic heterocycles. The van der Waals surface area contributed by atoms with E-state index in [1.807, 2.05) is 44.2 Å². The van der Waals surface area contributed by atoms with Crippen LogP contribution in [0.15, 0.2) is 36.4 Å². The fraction of sp³-hybridized carbons (Fsp3) is 0.519. The molecular formula is C27H35Cl2IO6. The lowest BCUT2D eigenvalue weighted by Gasteiger charge is -2.28. The molecule has 6 nitrogen and oxygen atoms in total.